The normalized spacial score (nSPS) is 16.6. The molecular weight excluding hydrogens is 653 g/mol. The summed E-state index contributed by atoms with van der Waals surface area (Å²) in [6.07, 6.45) is 12.1. The molecule has 0 bridgehead atoms. The highest BCUT2D eigenvalue weighted by Gasteiger charge is 2.48. The Hall–Kier alpha value is -5.94. The molecule has 3 aliphatic carbocycles. The van der Waals surface area contributed by atoms with Gasteiger partial charge in [0.2, 0.25) is 0 Å². The molecule has 0 fully saturated rings. The van der Waals surface area contributed by atoms with Crippen molar-refractivity contribution in [3.8, 4) is 39.1 Å². The Morgan fingerprint density at radius 1 is 0.585 bits per heavy atom. The van der Waals surface area contributed by atoms with Crippen LogP contribution < -0.4 is 4.74 Å². The van der Waals surface area contributed by atoms with Crippen molar-refractivity contribution in [2.24, 2.45) is 5.92 Å². The van der Waals surface area contributed by atoms with Crippen LogP contribution in [-0.4, -0.2) is 36.6 Å². The van der Waals surface area contributed by atoms with Crippen LogP contribution in [0.2, 0.25) is 0 Å². The van der Waals surface area contributed by atoms with Gasteiger partial charge in [0.05, 0.1) is 18.6 Å². The smallest absolute Gasteiger partial charge is 0.120 e. The lowest BCUT2D eigenvalue weighted by Crippen LogP contribution is -2.31. The third-order valence-electron chi connectivity index (χ3n) is 10.9. The van der Waals surface area contributed by atoms with Crippen molar-refractivity contribution in [2.45, 2.75) is 11.8 Å². The summed E-state index contributed by atoms with van der Waals surface area (Å²) in [5.74, 6) is 1.74. The molecule has 0 radical (unpaired) electrons. The summed E-state index contributed by atoms with van der Waals surface area (Å²) in [5.41, 5.74) is 12.8. The summed E-state index contributed by atoms with van der Waals surface area (Å²) in [5, 5.41) is 20.9. The van der Waals surface area contributed by atoms with Crippen molar-refractivity contribution in [3.63, 3.8) is 0 Å². The number of hydrogen-bond donors (Lipinski definition) is 2. The lowest BCUT2D eigenvalue weighted by Gasteiger charge is -2.38. The predicted octanol–water partition coefficient (Wildman–Crippen LogP) is 10.2. The van der Waals surface area contributed by atoms with Gasteiger partial charge in [-0.15, -0.1) is 0 Å². The molecule has 0 aliphatic heterocycles. The molecule has 4 nitrogen and oxygen atoms in total. The Kier molecular flexibility index (Phi) is 8.63. The van der Waals surface area contributed by atoms with Gasteiger partial charge in [-0.2, -0.15) is 0 Å². The Labute approximate surface area is 310 Å². The average Bonchev–Trinajstić information content (AvgIpc) is 3.52. The Bertz CT molecular complexity index is 2360. The topological polar surface area (TPSA) is 58.9 Å². The third kappa shape index (κ3) is 5.81. The van der Waals surface area contributed by atoms with E-state index >= 15 is 0 Å². The lowest BCUT2D eigenvalue weighted by atomic mass is 9.64. The van der Waals surface area contributed by atoms with Crippen molar-refractivity contribution in [3.05, 3.63) is 197 Å². The monoisotopic (exact) mass is 692 g/mol. The second-order valence-corrected chi connectivity index (χ2v) is 13.9. The van der Waals surface area contributed by atoms with Gasteiger partial charge in [0.1, 0.15) is 24.7 Å². The molecule has 1 unspecified atom stereocenters. The van der Waals surface area contributed by atoms with Gasteiger partial charge in [0.25, 0.3) is 0 Å². The third-order valence-corrected chi connectivity index (χ3v) is 10.9. The van der Waals surface area contributed by atoms with Crippen LogP contribution in [0.3, 0.4) is 0 Å². The Balaban J connectivity index is 1.30. The zero-order valence-electron chi connectivity index (χ0n) is 29.4. The van der Waals surface area contributed by atoms with Gasteiger partial charge in [-0.3, -0.25) is 0 Å². The minimum atomic E-state index is -0.621. The molecule has 260 valence electrons. The van der Waals surface area contributed by atoms with Crippen LogP contribution in [0.15, 0.2) is 181 Å². The predicted molar refractivity (Wildman–Crippen MR) is 214 cm³/mol. The molecule has 1 atom stereocenters. The maximum absolute atomic E-state index is 9.37. The number of fused-ring (bicyclic) bond motifs is 5. The second-order valence-electron chi connectivity index (χ2n) is 13.9. The average molecular weight is 693 g/mol. The van der Waals surface area contributed by atoms with E-state index in [2.05, 4.69) is 152 Å². The minimum absolute atomic E-state index is 0.0113. The van der Waals surface area contributed by atoms with Crippen LogP contribution in [0, 0.1) is 5.92 Å². The number of aliphatic hydroxyl groups is 2. The van der Waals surface area contributed by atoms with Gasteiger partial charge in [0.15, 0.2) is 0 Å². The highest BCUT2D eigenvalue weighted by molar-refractivity contribution is 5.93. The van der Waals surface area contributed by atoms with Crippen LogP contribution in [-0.2, 0) is 10.2 Å². The maximum atomic E-state index is 9.37. The first-order valence-electron chi connectivity index (χ1n) is 18.4. The van der Waals surface area contributed by atoms with E-state index in [1.165, 1.54) is 61.2 Å². The van der Waals surface area contributed by atoms with E-state index in [9.17, 15) is 10.2 Å². The van der Waals surface area contributed by atoms with Crippen molar-refractivity contribution in [1.82, 2.24) is 0 Å². The molecule has 53 heavy (non-hydrogen) atoms. The fourth-order valence-electron chi connectivity index (χ4n) is 8.47. The minimum Gasteiger partial charge on any atom is -0.492 e. The fourth-order valence-corrected chi connectivity index (χ4v) is 8.47. The molecule has 6 aromatic rings. The zero-order chi connectivity index (χ0) is 35.8. The summed E-state index contributed by atoms with van der Waals surface area (Å²) in [6.45, 7) is 0.505. The molecule has 0 amide bonds. The molecule has 0 saturated heterocycles. The molecule has 2 N–H and O–H groups in total. The standard InChI is InChI=1S/C49H40O4/c50-23-25-52-43-19-13-35-27-41(17-11-37(35)29-43)49(42-18-12-38-30-44(53-26-24-51)20-14-36(38)28-42)47-31-39(33-7-3-1-4-8-33)15-21-45(47)46-22-16-40(32-48(46)49)34-9-5-2-6-10-34/h1-11,13-22,27-32,38,50-51H,12,23-26H2. The van der Waals surface area contributed by atoms with E-state index in [-0.39, 0.29) is 32.3 Å². The van der Waals surface area contributed by atoms with Gasteiger partial charge in [-0.25, -0.2) is 0 Å². The van der Waals surface area contributed by atoms with Crippen LogP contribution in [0.5, 0.6) is 5.75 Å². The molecule has 0 spiro atoms. The van der Waals surface area contributed by atoms with Gasteiger partial charge in [0, 0.05) is 5.92 Å². The number of benzene rings is 6. The molecule has 9 rings (SSSR count). The SMILES string of the molecule is OCCOC1=CC2CC=C(C3(c4ccc5cc(OCCO)ccc5c4)c4cc(-c5ccccc5)ccc4-c4ccc(-c5ccccc5)cc43)C=C2C=C1. The van der Waals surface area contributed by atoms with E-state index in [1.54, 1.807) is 0 Å². The number of allylic oxidation sites excluding steroid dienone is 7. The zero-order valence-corrected chi connectivity index (χ0v) is 29.4. The number of hydrogen-bond acceptors (Lipinski definition) is 4. The highest BCUT2D eigenvalue weighted by Crippen LogP contribution is 2.59. The van der Waals surface area contributed by atoms with Crippen molar-refractivity contribution in [1.29, 1.82) is 0 Å². The Morgan fingerprint density at radius 2 is 1.21 bits per heavy atom. The van der Waals surface area contributed by atoms with E-state index in [0.29, 0.717) is 0 Å². The number of rotatable bonds is 10. The van der Waals surface area contributed by atoms with Crippen LogP contribution >= 0.6 is 0 Å². The van der Waals surface area contributed by atoms with E-state index < -0.39 is 5.41 Å². The van der Waals surface area contributed by atoms with Crippen LogP contribution in [0.25, 0.3) is 44.2 Å². The Morgan fingerprint density at radius 3 is 1.87 bits per heavy atom. The molecule has 0 saturated carbocycles. The van der Waals surface area contributed by atoms with E-state index in [1.807, 2.05) is 12.1 Å². The molecule has 6 aromatic carbocycles. The summed E-state index contributed by atoms with van der Waals surface area (Å²) in [7, 11) is 0. The van der Waals surface area contributed by atoms with E-state index in [4.69, 9.17) is 9.47 Å². The maximum Gasteiger partial charge on any atom is 0.120 e. The first-order valence-corrected chi connectivity index (χ1v) is 18.4. The van der Waals surface area contributed by atoms with Crippen molar-refractivity contribution in [2.75, 3.05) is 26.4 Å². The summed E-state index contributed by atoms with van der Waals surface area (Å²) >= 11 is 0. The number of ether oxygens (including phenoxy) is 2. The van der Waals surface area contributed by atoms with Crippen LogP contribution in [0.4, 0.5) is 0 Å². The van der Waals surface area contributed by atoms with Gasteiger partial charge in [-0.05, 0) is 121 Å². The van der Waals surface area contributed by atoms with Gasteiger partial charge >= 0.3 is 0 Å². The molecule has 0 heterocycles. The molecule has 3 aliphatic rings. The number of aliphatic hydroxyl groups excluding tert-OH is 2. The second kappa shape index (κ2) is 13.9. The summed E-state index contributed by atoms with van der Waals surface area (Å²) < 4.78 is 11.6. The highest BCUT2D eigenvalue weighted by atomic mass is 16.5. The molecule has 4 heteroatoms. The van der Waals surface area contributed by atoms with Crippen molar-refractivity contribution < 1.29 is 19.7 Å². The van der Waals surface area contributed by atoms with Gasteiger partial charge < -0.3 is 19.7 Å². The summed E-state index contributed by atoms with van der Waals surface area (Å²) in [6, 6.07) is 48.4. The largest absolute Gasteiger partial charge is 0.492 e. The molecular formula is C49H40O4. The first kappa shape index (κ1) is 32.9. The fraction of sp³-hybridized carbons (Fsp3) is 0.143. The van der Waals surface area contributed by atoms with Gasteiger partial charge in [-0.1, -0.05) is 121 Å². The van der Waals surface area contributed by atoms with Crippen LogP contribution in [0.1, 0.15) is 23.1 Å². The first-order chi connectivity index (χ1) is 26.1. The quantitative estimate of drug-likeness (QED) is 0.150. The van der Waals surface area contributed by atoms with E-state index in [0.717, 1.165) is 28.7 Å². The summed E-state index contributed by atoms with van der Waals surface area (Å²) in [4.78, 5) is 0. The molecule has 0 aromatic heterocycles. The van der Waals surface area contributed by atoms with Crippen molar-refractivity contribution >= 4 is 10.8 Å². The lowest BCUT2D eigenvalue weighted by molar-refractivity contribution is 0.150.